The molecule has 2 aromatic rings. The Morgan fingerprint density at radius 3 is 2.50 bits per heavy atom. The third kappa shape index (κ3) is 5.83. The second kappa shape index (κ2) is 8.82. The molecular formula is C19H20FNO3. The Balaban J connectivity index is 1.66. The summed E-state index contributed by atoms with van der Waals surface area (Å²) in [7, 11) is 0. The Kier molecular flexibility index (Phi) is 6.49. The summed E-state index contributed by atoms with van der Waals surface area (Å²) in [6, 6.07) is 13.9. The second-order valence-electron chi connectivity index (χ2n) is 5.51. The number of aryl methyl sites for hydroxylation is 1. The molecule has 0 aromatic heterocycles. The molecule has 0 aliphatic rings. The molecule has 0 heterocycles. The summed E-state index contributed by atoms with van der Waals surface area (Å²) in [5.41, 5.74) is 2.49. The largest absolute Gasteiger partial charge is 0.455 e. The van der Waals surface area contributed by atoms with Crippen molar-refractivity contribution in [2.75, 3.05) is 13.2 Å². The van der Waals surface area contributed by atoms with Crippen LogP contribution in [0.15, 0.2) is 48.5 Å². The predicted molar refractivity (Wildman–Crippen MR) is 89.0 cm³/mol. The molecule has 2 rings (SSSR count). The van der Waals surface area contributed by atoms with Crippen LogP contribution in [-0.2, 0) is 27.2 Å². The van der Waals surface area contributed by atoms with Gasteiger partial charge in [-0.05, 0) is 30.5 Å². The summed E-state index contributed by atoms with van der Waals surface area (Å²) in [6.45, 7) is 1.92. The van der Waals surface area contributed by atoms with Crippen LogP contribution in [0, 0.1) is 12.7 Å². The molecule has 5 heteroatoms. The number of benzene rings is 2. The first-order chi connectivity index (χ1) is 11.5. The van der Waals surface area contributed by atoms with Crippen molar-refractivity contribution in [2.24, 2.45) is 0 Å². The third-order valence-corrected chi connectivity index (χ3v) is 3.51. The van der Waals surface area contributed by atoms with Gasteiger partial charge in [-0.2, -0.15) is 0 Å². The molecule has 0 spiro atoms. The van der Waals surface area contributed by atoms with Gasteiger partial charge in [0.1, 0.15) is 5.82 Å². The van der Waals surface area contributed by atoms with E-state index in [-0.39, 0.29) is 25.4 Å². The van der Waals surface area contributed by atoms with E-state index >= 15 is 0 Å². The van der Waals surface area contributed by atoms with Crippen molar-refractivity contribution in [1.82, 2.24) is 5.32 Å². The fraction of sp³-hybridized carbons (Fsp3) is 0.263. The van der Waals surface area contributed by atoms with Crippen LogP contribution in [0.4, 0.5) is 4.39 Å². The van der Waals surface area contributed by atoms with Crippen molar-refractivity contribution >= 4 is 11.9 Å². The van der Waals surface area contributed by atoms with E-state index in [0.29, 0.717) is 12.0 Å². The fourth-order valence-electron chi connectivity index (χ4n) is 2.16. The Morgan fingerprint density at radius 2 is 1.79 bits per heavy atom. The number of rotatable bonds is 7. The first-order valence-corrected chi connectivity index (χ1v) is 7.76. The summed E-state index contributed by atoms with van der Waals surface area (Å²) < 4.78 is 18.4. The van der Waals surface area contributed by atoms with Gasteiger partial charge in [-0.3, -0.25) is 9.59 Å². The number of esters is 1. The lowest BCUT2D eigenvalue weighted by atomic mass is 10.1. The zero-order valence-electron chi connectivity index (χ0n) is 13.5. The van der Waals surface area contributed by atoms with Crippen molar-refractivity contribution in [1.29, 1.82) is 0 Å². The van der Waals surface area contributed by atoms with E-state index in [9.17, 15) is 14.0 Å². The number of carbonyl (C=O) groups excluding carboxylic acids is 2. The Labute approximate surface area is 140 Å². The zero-order chi connectivity index (χ0) is 17.4. The monoisotopic (exact) mass is 329 g/mol. The summed E-state index contributed by atoms with van der Waals surface area (Å²) >= 11 is 0. The molecule has 1 amide bonds. The maximum absolute atomic E-state index is 13.4. The molecule has 0 saturated carbocycles. The van der Waals surface area contributed by atoms with E-state index in [1.807, 2.05) is 31.2 Å². The van der Waals surface area contributed by atoms with E-state index < -0.39 is 11.9 Å². The minimum Gasteiger partial charge on any atom is -0.455 e. The van der Waals surface area contributed by atoms with Gasteiger partial charge in [0.2, 0.25) is 0 Å². The Hall–Kier alpha value is -2.69. The molecule has 0 aliphatic carbocycles. The van der Waals surface area contributed by atoms with Gasteiger partial charge in [-0.25, -0.2) is 4.39 Å². The van der Waals surface area contributed by atoms with E-state index in [1.165, 1.54) is 6.07 Å². The molecule has 0 atom stereocenters. The fourth-order valence-corrected chi connectivity index (χ4v) is 2.16. The molecule has 0 unspecified atom stereocenters. The maximum atomic E-state index is 13.4. The van der Waals surface area contributed by atoms with E-state index in [2.05, 4.69) is 5.32 Å². The van der Waals surface area contributed by atoms with Crippen LogP contribution < -0.4 is 5.32 Å². The molecule has 1 N–H and O–H groups in total. The van der Waals surface area contributed by atoms with Gasteiger partial charge in [0.15, 0.2) is 6.61 Å². The van der Waals surface area contributed by atoms with Crippen molar-refractivity contribution in [3.63, 3.8) is 0 Å². The predicted octanol–water partition coefficient (Wildman–Crippen LogP) is 2.58. The lowest BCUT2D eigenvalue weighted by molar-refractivity contribution is -0.147. The van der Waals surface area contributed by atoms with Gasteiger partial charge in [0, 0.05) is 6.54 Å². The number of hydrogen-bond acceptors (Lipinski definition) is 3. The summed E-state index contributed by atoms with van der Waals surface area (Å²) in [5, 5.41) is 2.60. The SMILES string of the molecule is Cc1ccc(CC(=O)OCC(=O)NCCc2ccccc2F)cc1. The normalized spacial score (nSPS) is 10.2. The van der Waals surface area contributed by atoms with Crippen molar-refractivity contribution in [3.8, 4) is 0 Å². The number of nitrogens with one attached hydrogen (secondary N) is 1. The quantitative estimate of drug-likeness (QED) is 0.795. The van der Waals surface area contributed by atoms with Crippen molar-refractivity contribution in [3.05, 3.63) is 71.0 Å². The van der Waals surface area contributed by atoms with Gasteiger partial charge < -0.3 is 10.1 Å². The Morgan fingerprint density at radius 1 is 1.08 bits per heavy atom. The highest BCUT2D eigenvalue weighted by Crippen LogP contribution is 2.06. The number of ether oxygens (including phenoxy) is 1. The first-order valence-electron chi connectivity index (χ1n) is 7.76. The smallest absolute Gasteiger partial charge is 0.310 e. The van der Waals surface area contributed by atoms with Crippen molar-refractivity contribution < 1.29 is 18.7 Å². The summed E-state index contributed by atoms with van der Waals surface area (Å²) in [5.74, 6) is -1.15. The lowest BCUT2D eigenvalue weighted by Crippen LogP contribution is -2.30. The number of halogens is 1. The van der Waals surface area contributed by atoms with Crippen LogP contribution in [-0.4, -0.2) is 25.0 Å². The highest BCUT2D eigenvalue weighted by molar-refractivity contribution is 5.81. The average Bonchev–Trinajstić information content (AvgIpc) is 2.57. The van der Waals surface area contributed by atoms with Gasteiger partial charge in [0.25, 0.3) is 5.91 Å². The topological polar surface area (TPSA) is 55.4 Å². The molecule has 24 heavy (non-hydrogen) atoms. The van der Waals surface area contributed by atoms with Gasteiger partial charge in [-0.1, -0.05) is 48.0 Å². The van der Waals surface area contributed by atoms with Gasteiger partial charge in [0.05, 0.1) is 6.42 Å². The van der Waals surface area contributed by atoms with E-state index in [0.717, 1.165) is 11.1 Å². The average molecular weight is 329 g/mol. The van der Waals surface area contributed by atoms with E-state index in [1.54, 1.807) is 18.2 Å². The van der Waals surface area contributed by atoms with Crippen LogP contribution in [0.3, 0.4) is 0 Å². The molecular weight excluding hydrogens is 309 g/mol. The minimum atomic E-state index is -0.455. The van der Waals surface area contributed by atoms with Crippen LogP contribution in [0.25, 0.3) is 0 Å². The first kappa shape index (κ1) is 17.7. The van der Waals surface area contributed by atoms with Gasteiger partial charge >= 0.3 is 5.97 Å². The summed E-state index contributed by atoms with van der Waals surface area (Å²) in [4.78, 5) is 23.3. The van der Waals surface area contributed by atoms with Crippen molar-refractivity contribution in [2.45, 2.75) is 19.8 Å². The van der Waals surface area contributed by atoms with Crippen LogP contribution in [0.5, 0.6) is 0 Å². The highest BCUT2D eigenvalue weighted by Gasteiger charge is 2.09. The minimum absolute atomic E-state index is 0.128. The lowest BCUT2D eigenvalue weighted by Gasteiger charge is -2.07. The maximum Gasteiger partial charge on any atom is 0.310 e. The number of hydrogen-bond donors (Lipinski definition) is 1. The molecule has 0 fully saturated rings. The summed E-state index contributed by atoms with van der Waals surface area (Å²) in [6.07, 6.45) is 0.512. The molecule has 0 bridgehead atoms. The van der Waals surface area contributed by atoms with Gasteiger partial charge in [-0.15, -0.1) is 0 Å². The van der Waals surface area contributed by atoms with E-state index in [4.69, 9.17) is 4.74 Å². The zero-order valence-corrected chi connectivity index (χ0v) is 13.5. The number of carbonyl (C=O) groups is 2. The molecule has 0 saturated heterocycles. The molecule has 4 nitrogen and oxygen atoms in total. The Bertz CT molecular complexity index is 698. The molecule has 2 aromatic carbocycles. The highest BCUT2D eigenvalue weighted by atomic mass is 19.1. The molecule has 0 aliphatic heterocycles. The van der Waals surface area contributed by atoms with Crippen LogP contribution in [0.2, 0.25) is 0 Å². The van der Waals surface area contributed by atoms with Crippen LogP contribution in [0.1, 0.15) is 16.7 Å². The molecule has 0 radical (unpaired) electrons. The molecule has 126 valence electrons. The third-order valence-electron chi connectivity index (χ3n) is 3.51. The second-order valence-corrected chi connectivity index (χ2v) is 5.51. The standard InChI is InChI=1S/C19H20FNO3/c1-14-6-8-15(9-7-14)12-19(23)24-13-18(22)21-11-10-16-4-2-3-5-17(16)20/h2-9H,10-13H2,1H3,(H,21,22). The number of amides is 1. The van der Waals surface area contributed by atoms with Crippen LogP contribution >= 0.6 is 0 Å².